The summed E-state index contributed by atoms with van der Waals surface area (Å²) < 4.78 is 17.6. The van der Waals surface area contributed by atoms with Gasteiger partial charge in [-0.3, -0.25) is 10.1 Å². The fourth-order valence-electron chi connectivity index (χ4n) is 1.46. The molecule has 1 aliphatic rings. The van der Waals surface area contributed by atoms with Crippen molar-refractivity contribution in [1.29, 1.82) is 0 Å². The van der Waals surface area contributed by atoms with Gasteiger partial charge < -0.3 is 4.74 Å². The number of halogens is 1. The number of hydrogen-bond acceptors (Lipinski definition) is 4. The monoisotopic (exact) mass is 223 g/mol. The molecule has 16 heavy (non-hydrogen) atoms. The summed E-state index contributed by atoms with van der Waals surface area (Å²) >= 11 is 0. The second kappa shape index (κ2) is 3.73. The van der Waals surface area contributed by atoms with Gasteiger partial charge in [-0.25, -0.2) is 9.18 Å². The molecule has 5 nitrogen and oxygen atoms in total. The minimum absolute atomic E-state index is 0.0335. The molecule has 1 aromatic rings. The molecule has 1 heterocycles. The van der Waals surface area contributed by atoms with Crippen LogP contribution >= 0.6 is 0 Å². The second-order valence-corrected chi connectivity index (χ2v) is 3.13. The fourth-order valence-corrected chi connectivity index (χ4v) is 1.46. The number of carbonyl (C=O) groups is 1. The highest BCUT2D eigenvalue weighted by Crippen LogP contribution is 2.29. The maximum absolute atomic E-state index is 13.0. The van der Waals surface area contributed by atoms with Crippen LogP contribution in [0.3, 0.4) is 0 Å². The number of hydrogen-bond donors (Lipinski definition) is 0. The zero-order valence-electron chi connectivity index (χ0n) is 7.97. The number of ether oxygens (including phenoxy) is 1. The zero-order valence-corrected chi connectivity index (χ0v) is 7.97. The molecule has 0 unspecified atom stereocenters. The smallest absolute Gasteiger partial charge is 0.339 e. The van der Waals surface area contributed by atoms with Gasteiger partial charge >= 0.3 is 5.97 Å². The lowest BCUT2D eigenvalue weighted by Crippen LogP contribution is -2.02. The van der Waals surface area contributed by atoms with Gasteiger partial charge in [0.1, 0.15) is 12.4 Å². The van der Waals surface area contributed by atoms with E-state index < -0.39 is 16.7 Å². The third-order valence-electron chi connectivity index (χ3n) is 2.17. The Hall–Kier alpha value is -2.24. The van der Waals surface area contributed by atoms with E-state index in [0.717, 1.165) is 18.2 Å². The molecule has 0 spiro atoms. The van der Waals surface area contributed by atoms with Gasteiger partial charge in [-0.05, 0) is 18.2 Å². The van der Waals surface area contributed by atoms with E-state index in [-0.39, 0.29) is 23.4 Å². The van der Waals surface area contributed by atoms with Crippen molar-refractivity contribution in [3.05, 3.63) is 45.8 Å². The molecule has 0 saturated carbocycles. The summed E-state index contributed by atoms with van der Waals surface area (Å²) in [5, 5.41) is 10.7. The predicted octanol–water partition coefficient (Wildman–Crippen LogP) is 1.67. The highest BCUT2D eigenvalue weighted by molar-refractivity contribution is 6.19. The number of esters is 1. The molecule has 6 heteroatoms. The van der Waals surface area contributed by atoms with Crippen LogP contribution in [0.25, 0.3) is 5.57 Å². The normalized spacial score (nSPS) is 14.6. The van der Waals surface area contributed by atoms with E-state index in [4.69, 9.17) is 0 Å². The van der Waals surface area contributed by atoms with Gasteiger partial charge in [-0.2, -0.15) is 0 Å². The predicted molar refractivity (Wildman–Crippen MR) is 52.0 cm³/mol. The molecule has 0 fully saturated rings. The number of cyclic esters (lactones) is 1. The maximum atomic E-state index is 13.0. The van der Waals surface area contributed by atoms with Crippen LogP contribution in [0.5, 0.6) is 0 Å². The van der Waals surface area contributed by atoms with E-state index in [1.54, 1.807) is 0 Å². The lowest BCUT2D eigenvalue weighted by molar-refractivity contribution is -0.385. The minimum atomic E-state index is -0.672. The summed E-state index contributed by atoms with van der Waals surface area (Å²) in [7, 11) is 0. The Balaban J connectivity index is 2.58. The Morgan fingerprint density at radius 2 is 2.19 bits per heavy atom. The molecule has 0 aliphatic carbocycles. The molecule has 0 atom stereocenters. The van der Waals surface area contributed by atoms with E-state index in [1.807, 2.05) is 0 Å². The average Bonchev–Trinajstić information content (AvgIpc) is 2.63. The van der Waals surface area contributed by atoms with E-state index in [1.165, 1.54) is 6.08 Å². The average molecular weight is 223 g/mol. The molecule has 1 aliphatic heterocycles. The van der Waals surface area contributed by atoms with Crippen LogP contribution in [0, 0.1) is 15.9 Å². The summed E-state index contributed by atoms with van der Waals surface area (Å²) in [4.78, 5) is 21.3. The SMILES string of the molecule is O=C1OCC=C1c1cc(F)ccc1[N+](=O)[O-]. The number of nitro groups is 1. The minimum Gasteiger partial charge on any atom is -0.458 e. The molecule has 0 radical (unpaired) electrons. The number of nitro benzene ring substituents is 1. The second-order valence-electron chi connectivity index (χ2n) is 3.13. The first-order valence-corrected chi connectivity index (χ1v) is 4.41. The third kappa shape index (κ3) is 1.65. The standard InChI is InChI=1S/C10H6FNO4/c11-6-1-2-9(12(14)15)8(5-6)7-3-4-16-10(7)13/h1-3,5H,4H2. The van der Waals surface area contributed by atoms with Crippen molar-refractivity contribution in [2.24, 2.45) is 0 Å². The molecule has 0 bridgehead atoms. The zero-order chi connectivity index (χ0) is 11.7. The lowest BCUT2D eigenvalue weighted by atomic mass is 10.0. The summed E-state index contributed by atoms with van der Waals surface area (Å²) in [6.07, 6.45) is 1.39. The van der Waals surface area contributed by atoms with Crippen molar-refractivity contribution >= 4 is 17.2 Å². The summed E-state index contributed by atoms with van der Waals surface area (Å²) in [6, 6.07) is 2.95. The summed E-state index contributed by atoms with van der Waals surface area (Å²) in [6.45, 7) is 0.0574. The van der Waals surface area contributed by atoms with Gasteiger partial charge in [0.25, 0.3) is 5.69 Å². The molecule has 2 rings (SSSR count). The van der Waals surface area contributed by atoms with Crippen molar-refractivity contribution in [3.8, 4) is 0 Å². The molecule has 0 aromatic heterocycles. The van der Waals surface area contributed by atoms with Crippen molar-refractivity contribution in [1.82, 2.24) is 0 Å². The van der Waals surface area contributed by atoms with Gasteiger partial charge in [-0.1, -0.05) is 0 Å². The highest BCUT2D eigenvalue weighted by Gasteiger charge is 2.26. The fraction of sp³-hybridized carbons (Fsp3) is 0.100. The Kier molecular flexibility index (Phi) is 2.40. The Bertz CT molecular complexity index is 510. The quantitative estimate of drug-likeness (QED) is 0.434. The molecule has 82 valence electrons. The van der Waals surface area contributed by atoms with Crippen LogP contribution in [-0.2, 0) is 9.53 Å². The summed E-state index contributed by atoms with van der Waals surface area (Å²) in [5.41, 5.74) is -0.329. The van der Waals surface area contributed by atoms with Crippen LogP contribution in [0.1, 0.15) is 5.56 Å². The maximum Gasteiger partial charge on any atom is 0.339 e. The lowest BCUT2D eigenvalue weighted by Gasteiger charge is -2.01. The summed E-state index contributed by atoms with van der Waals surface area (Å²) in [5.74, 6) is -1.31. The van der Waals surface area contributed by atoms with Crippen LogP contribution in [0.4, 0.5) is 10.1 Å². The molecule has 0 N–H and O–H groups in total. The van der Waals surface area contributed by atoms with Crippen LogP contribution < -0.4 is 0 Å². The number of rotatable bonds is 2. The van der Waals surface area contributed by atoms with Crippen molar-refractivity contribution < 1.29 is 18.8 Å². The molecule has 0 amide bonds. The van der Waals surface area contributed by atoms with E-state index in [2.05, 4.69) is 4.74 Å². The van der Waals surface area contributed by atoms with Crippen molar-refractivity contribution in [3.63, 3.8) is 0 Å². The number of nitrogens with zero attached hydrogens (tertiary/aromatic N) is 1. The molecular formula is C10H6FNO4. The molecule has 1 aromatic carbocycles. The van der Waals surface area contributed by atoms with Gasteiger partial charge in [0.2, 0.25) is 0 Å². The molecular weight excluding hydrogens is 217 g/mol. The van der Waals surface area contributed by atoms with Crippen LogP contribution in [0.15, 0.2) is 24.3 Å². The van der Waals surface area contributed by atoms with Gasteiger partial charge in [-0.15, -0.1) is 0 Å². The van der Waals surface area contributed by atoms with Gasteiger partial charge in [0.15, 0.2) is 0 Å². The topological polar surface area (TPSA) is 69.4 Å². The largest absolute Gasteiger partial charge is 0.458 e. The third-order valence-corrected chi connectivity index (χ3v) is 2.17. The van der Waals surface area contributed by atoms with Crippen LogP contribution in [-0.4, -0.2) is 17.5 Å². The van der Waals surface area contributed by atoms with E-state index in [9.17, 15) is 19.3 Å². The first kappa shape index (κ1) is 10.3. The molecule has 0 saturated heterocycles. The Morgan fingerprint density at radius 3 is 2.75 bits per heavy atom. The van der Waals surface area contributed by atoms with Gasteiger partial charge in [0.05, 0.1) is 16.1 Å². The van der Waals surface area contributed by atoms with Gasteiger partial charge in [0, 0.05) is 6.07 Å². The van der Waals surface area contributed by atoms with Crippen LogP contribution in [0.2, 0.25) is 0 Å². The van der Waals surface area contributed by atoms with Crippen molar-refractivity contribution in [2.75, 3.05) is 6.61 Å². The number of benzene rings is 1. The van der Waals surface area contributed by atoms with E-state index >= 15 is 0 Å². The first-order chi connectivity index (χ1) is 7.59. The Labute approximate surface area is 89.3 Å². The van der Waals surface area contributed by atoms with Crippen molar-refractivity contribution in [2.45, 2.75) is 0 Å². The Morgan fingerprint density at radius 1 is 1.44 bits per heavy atom. The number of carbonyl (C=O) groups excluding carboxylic acids is 1. The first-order valence-electron chi connectivity index (χ1n) is 4.41. The van der Waals surface area contributed by atoms with E-state index in [0.29, 0.717) is 0 Å². The highest BCUT2D eigenvalue weighted by atomic mass is 19.1.